The number of rotatable bonds is 2. The van der Waals surface area contributed by atoms with Crippen LogP contribution in [0.25, 0.3) is 0 Å². The minimum atomic E-state index is 0.675. The summed E-state index contributed by atoms with van der Waals surface area (Å²) in [6.07, 6.45) is 1.23. The zero-order chi connectivity index (χ0) is 8.55. The summed E-state index contributed by atoms with van der Waals surface area (Å²) in [5.41, 5.74) is 6.91. The van der Waals surface area contributed by atoms with E-state index in [2.05, 4.69) is 6.07 Å². The van der Waals surface area contributed by atoms with Gasteiger partial charge < -0.3 is 5.73 Å². The molecular weight excluding hydrogens is 170 g/mol. The standard InChI is InChI=1S/C10H12ClN/c11-9-3-1-2-7(4-9)10-5-8(10)6-12/h1-4,8,10H,5-6,12H2/t8-,10+/m1/s1. The van der Waals surface area contributed by atoms with Crippen LogP contribution in [0.3, 0.4) is 0 Å². The molecule has 0 bridgehead atoms. The summed E-state index contributed by atoms with van der Waals surface area (Å²) in [4.78, 5) is 0. The lowest BCUT2D eigenvalue weighted by Gasteiger charge is -1.98. The third-order valence-electron chi connectivity index (χ3n) is 2.50. The fourth-order valence-corrected chi connectivity index (χ4v) is 1.85. The second kappa shape index (κ2) is 3.08. The smallest absolute Gasteiger partial charge is 0.0408 e. The second-order valence-electron chi connectivity index (χ2n) is 3.39. The molecule has 1 saturated carbocycles. The van der Waals surface area contributed by atoms with E-state index in [1.165, 1.54) is 12.0 Å². The predicted molar refractivity (Wildman–Crippen MR) is 51.4 cm³/mol. The Kier molecular flexibility index (Phi) is 2.07. The Morgan fingerprint density at radius 2 is 2.33 bits per heavy atom. The molecule has 12 heavy (non-hydrogen) atoms. The van der Waals surface area contributed by atoms with Crippen molar-refractivity contribution in [2.24, 2.45) is 11.7 Å². The van der Waals surface area contributed by atoms with E-state index in [-0.39, 0.29) is 0 Å². The summed E-state index contributed by atoms with van der Waals surface area (Å²) < 4.78 is 0. The zero-order valence-corrected chi connectivity index (χ0v) is 7.59. The first-order valence-electron chi connectivity index (χ1n) is 4.27. The van der Waals surface area contributed by atoms with E-state index in [1.54, 1.807) is 0 Å². The molecule has 1 aromatic carbocycles. The summed E-state index contributed by atoms with van der Waals surface area (Å²) in [6.45, 7) is 0.803. The molecular formula is C10H12ClN. The molecule has 2 rings (SSSR count). The monoisotopic (exact) mass is 181 g/mol. The minimum Gasteiger partial charge on any atom is -0.330 e. The summed E-state index contributed by atoms with van der Waals surface area (Å²) in [5, 5.41) is 0.829. The van der Waals surface area contributed by atoms with E-state index in [4.69, 9.17) is 17.3 Å². The van der Waals surface area contributed by atoms with E-state index in [0.29, 0.717) is 11.8 Å². The van der Waals surface area contributed by atoms with Crippen molar-refractivity contribution >= 4 is 11.6 Å². The fourth-order valence-electron chi connectivity index (χ4n) is 1.65. The topological polar surface area (TPSA) is 26.0 Å². The van der Waals surface area contributed by atoms with Crippen molar-refractivity contribution in [2.45, 2.75) is 12.3 Å². The largest absolute Gasteiger partial charge is 0.330 e. The number of benzene rings is 1. The SMILES string of the molecule is NC[C@H]1C[C@H]1c1cccc(Cl)c1. The maximum Gasteiger partial charge on any atom is 0.0408 e. The van der Waals surface area contributed by atoms with Crippen LogP contribution in [0.4, 0.5) is 0 Å². The van der Waals surface area contributed by atoms with Gasteiger partial charge in [-0.15, -0.1) is 0 Å². The highest BCUT2D eigenvalue weighted by Crippen LogP contribution is 2.46. The Morgan fingerprint density at radius 1 is 1.50 bits per heavy atom. The Morgan fingerprint density at radius 3 is 2.92 bits per heavy atom. The maximum absolute atomic E-state index is 5.88. The molecule has 1 nitrogen and oxygen atoms in total. The molecule has 1 aromatic rings. The molecule has 0 spiro atoms. The summed E-state index contributed by atoms with van der Waals surface area (Å²) in [6, 6.07) is 8.09. The highest BCUT2D eigenvalue weighted by Gasteiger charge is 2.36. The molecule has 64 valence electrons. The van der Waals surface area contributed by atoms with Crippen LogP contribution in [0, 0.1) is 5.92 Å². The van der Waals surface area contributed by atoms with E-state index in [9.17, 15) is 0 Å². The first-order valence-corrected chi connectivity index (χ1v) is 4.64. The Balaban J connectivity index is 2.14. The molecule has 2 atom stereocenters. The van der Waals surface area contributed by atoms with Crippen molar-refractivity contribution in [2.75, 3.05) is 6.54 Å². The molecule has 0 radical (unpaired) electrons. The van der Waals surface area contributed by atoms with Gasteiger partial charge in [0.1, 0.15) is 0 Å². The highest BCUT2D eigenvalue weighted by atomic mass is 35.5. The number of hydrogen-bond acceptors (Lipinski definition) is 1. The van der Waals surface area contributed by atoms with E-state index < -0.39 is 0 Å². The van der Waals surface area contributed by atoms with Crippen molar-refractivity contribution in [1.29, 1.82) is 0 Å². The average Bonchev–Trinajstić information content (AvgIpc) is 2.83. The molecule has 1 aliphatic carbocycles. The van der Waals surface area contributed by atoms with Gasteiger partial charge in [0.15, 0.2) is 0 Å². The minimum absolute atomic E-state index is 0.675. The summed E-state index contributed by atoms with van der Waals surface area (Å²) >= 11 is 5.88. The third kappa shape index (κ3) is 1.47. The summed E-state index contributed by atoms with van der Waals surface area (Å²) in [7, 11) is 0. The molecule has 2 N–H and O–H groups in total. The van der Waals surface area contributed by atoms with Gasteiger partial charge in [0.2, 0.25) is 0 Å². The van der Waals surface area contributed by atoms with Crippen molar-refractivity contribution in [3.63, 3.8) is 0 Å². The quantitative estimate of drug-likeness (QED) is 0.745. The van der Waals surface area contributed by atoms with Crippen molar-refractivity contribution in [3.8, 4) is 0 Å². The first kappa shape index (κ1) is 8.09. The normalized spacial score (nSPS) is 27.2. The van der Waals surface area contributed by atoms with Gasteiger partial charge in [0.25, 0.3) is 0 Å². The van der Waals surface area contributed by atoms with Crippen LogP contribution in [0.15, 0.2) is 24.3 Å². The van der Waals surface area contributed by atoms with Crippen LogP contribution < -0.4 is 5.73 Å². The molecule has 0 amide bonds. The van der Waals surface area contributed by atoms with Crippen molar-refractivity contribution in [1.82, 2.24) is 0 Å². The van der Waals surface area contributed by atoms with Gasteiger partial charge in [0, 0.05) is 5.02 Å². The van der Waals surface area contributed by atoms with Gasteiger partial charge in [-0.05, 0) is 42.5 Å². The first-order chi connectivity index (χ1) is 5.81. The third-order valence-corrected chi connectivity index (χ3v) is 2.74. The van der Waals surface area contributed by atoms with Gasteiger partial charge in [-0.1, -0.05) is 23.7 Å². The van der Waals surface area contributed by atoms with Crippen LogP contribution in [0.2, 0.25) is 5.02 Å². The Labute approximate surface area is 77.5 Å². The fraction of sp³-hybridized carbons (Fsp3) is 0.400. The van der Waals surface area contributed by atoms with Crippen molar-refractivity contribution < 1.29 is 0 Å². The molecule has 0 aromatic heterocycles. The molecule has 0 heterocycles. The van der Waals surface area contributed by atoms with Gasteiger partial charge >= 0.3 is 0 Å². The lowest BCUT2D eigenvalue weighted by atomic mass is 10.1. The highest BCUT2D eigenvalue weighted by molar-refractivity contribution is 6.30. The molecule has 0 aliphatic heterocycles. The Hall–Kier alpha value is -0.530. The molecule has 1 fully saturated rings. The van der Waals surface area contributed by atoms with Gasteiger partial charge in [-0.25, -0.2) is 0 Å². The molecule has 1 aliphatic rings. The van der Waals surface area contributed by atoms with Gasteiger partial charge in [-0.3, -0.25) is 0 Å². The molecule has 2 heteroatoms. The van der Waals surface area contributed by atoms with E-state index in [1.807, 2.05) is 18.2 Å². The number of nitrogens with two attached hydrogens (primary N) is 1. The van der Waals surface area contributed by atoms with E-state index in [0.717, 1.165) is 11.6 Å². The number of hydrogen-bond donors (Lipinski definition) is 1. The van der Waals surface area contributed by atoms with Crippen LogP contribution in [-0.2, 0) is 0 Å². The maximum atomic E-state index is 5.88. The van der Waals surface area contributed by atoms with Crippen LogP contribution in [0.1, 0.15) is 17.9 Å². The van der Waals surface area contributed by atoms with Crippen LogP contribution in [-0.4, -0.2) is 6.54 Å². The predicted octanol–water partition coefficient (Wildman–Crippen LogP) is 2.40. The zero-order valence-electron chi connectivity index (χ0n) is 6.83. The molecule has 0 unspecified atom stereocenters. The van der Waals surface area contributed by atoms with Crippen LogP contribution in [0.5, 0.6) is 0 Å². The van der Waals surface area contributed by atoms with Crippen molar-refractivity contribution in [3.05, 3.63) is 34.9 Å². The second-order valence-corrected chi connectivity index (χ2v) is 3.83. The van der Waals surface area contributed by atoms with Gasteiger partial charge in [0.05, 0.1) is 0 Å². The molecule has 0 saturated heterocycles. The van der Waals surface area contributed by atoms with Gasteiger partial charge in [-0.2, -0.15) is 0 Å². The lowest BCUT2D eigenvalue weighted by Crippen LogP contribution is -2.01. The van der Waals surface area contributed by atoms with E-state index >= 15 is 0 Å². The average molecular weight is 182 g/mol. The lowest BCUT2D eigenvalue weighted by molar-refractivity contribution is 0.810. The Bertz CT molecular complexity index is 285. The number of halogens is 1. The summed E-state index contributed by atoms with van der Waals surface area (Å²) in [5.74, 6) is 1.37. The van der Waals surface area contributed by atoms with Crippen LogP contribution >= 0.6 is 11.6 Å².